The fraction of sp³-hybridized carbons (Fsp3) is 0.0769. The lowest BCUT2D eigenvalue weighted by atomic mass is 10.2. The molecule has 0 radical (unpaired) electrons. The number of hydrogen-bond acceptors (Lipinski definition) is 3. The van der Waals surface area contributed by atoms with Crippen LogP contribution in [-0.2, 0) is 10.0 Å². The molecule has 2 aromatic rings. The van der Waals surface area contributed by atoms with Crippen LogP contribution >= 0.6 is 11.6 Å². The predicted octanol–water partition coefficient (Wildman–Crippen LogP) is 3.03. The van der Waals surface area contributed by atoms with Gasteiger partial charge < -0.3 is 5.73 Å². The number of hydrogen-bond donors (Lipinski definition) is 2. The molecule has 0 aliphatic heterocycles. The average molecular weight is 297 g/mol. The summed E-state index contributed by atoms with van der Waals surface area (Å²) in [7, 11) is -3.74. The molecule has 2 rings (SSSR count). The Balaban J connectivity index is 2.40. The lowest BCUT2D eigenvalue weighted by Gasteiger charge is -2.11. The van der Waals surface area contributed by atoms with E-state index in [0.29, 0.717) is 11.4 Å². The Morgan fingerprint density at radius 1 is 1.16 bits per heavy atom. The first-order valence-corrected chi connectivity index (χ1v) is 7.40. The van der Waals surface area contributed by atoms with Gasteiger partial charge in [-0.15, -0.1) is 0 Å². The zero-order chi connectivity index (χ0) is 14.0. The second-order valence-corrected chi connectivity index (χ2v) is 6.18. The molecule has 0 fully saturated rings. The molecule has 0 aliphatic carbocycles. The third kappa shape index (κ3) is 3.00. The topological polar surface area (TPSA) is 72.2 Å². The number of rotatable bonds is 3. The molecule has 19 heavy (non-hydrogen) atoms. The molecule has 0 bridgehead atoms. The number of aryl methyl sites for hydroxylation is 1. The second-order valence-electron chi connectivity index (χ2n) is 4.13. The first kappa shape index (κ1) is 13.7. The van der Waals surface area contributed by atoms with Crippen molar-refractivity contribution in [2.45, 2.75) is 11.8 Å². The molecule has 0 aliphatic rings. The number of anilines is 2. The van der Waals surface area contributed by atoms with Crippen LogP contribution in [0.15, 0.2) is 47.4 Å². The first-order chi connectivity index (χ1) is 8.90. The summed E-state index contributed by atoms with van der Waals surface area (Å²) >= 11 is 5.89. The van der Waals surface area contributed by atoms with Gasteiger partial charge in [0.1, 0.15) is 4.90 Å². The maximum Gasteiger partial charge on any atom is 0.263 e. The molecule has 0 saturated carbocycles. The minimum Gasteiger partial charge on any atom is -0.397 e. The molecule has 2 aromatic carbocycles. The van der Waals surface area contributed by atoms with Gasteiger partial charge in [0.15, 0.2) is 0 Å². The lowest BCUT2D eigenvalue weighted by Crippen LogP contribution is -2.14. The summed E-state index contributed by atoms with van der Waals surface area (Å²) in [6.45, 7) is 1.88. The van der Waals surface area contributed by atoms with E-state index in [2.05, 4.69) is 4.72 Å². The van der Waals surface area contributed by atoms with Gasteiger partial charge in [0.25, 0.3) is 10.0 Å². The van der Waals surface area contributed by atoms with Crippen molar-refractivity contribution in [1.29, 1.82) is 0 Å². The van der Waals surface area contributed by atoms with E-state index in [9.17, 15) is 8.42 Å². The van der Waals surface area contributed by atoms with Crippen molar-refractivity contribution in [3.8, 4) is 0 Å². The van der Waals surface area contributed by atoms with Crippen LogP contribution in [0.25, 0.3) is 0 Å². The Labute approximate surface area is 117 Å². The van der Waals surface area contributed by atoms with Gasteiger partial charge in [-0.05, 0) is 36.8 Å². The van der Waals surface area contributed by atoms with Gasteiger partial charge in [0.2, 0.25) is 0 Å². The van der Waals surface area contributed by atoms with Crippen molar-refractivity contribution >= 4 is 33.0 Å². The third-order valence-corrected chi connectivity index (χ3v) is 4.44. The van der Waals surface area contributed by atoms with E-state index in [1.54, 1.807) is 30.3 Å². The van der Waals surface area contributed by atoms with Gasteiger partial charge >= 0.3 is 0 Å². The highest BCUT2D eigenvalue weighted by atomic mass is 35.5. The van der Waals surface area contributed by atoms with Crippen molar-refractivity contribution in [2.24, 2.45) is 0 Å². The number of halogens is 1. The third-order valence-electron chi connectivity index (χ3n) is 2.58. The highest BCUT2D eigenvalue weighted by molar-refractivity contribution is 7.92. The Bertz CT molecular complexity index is 714. The minimum absolute atomic E-state index is 0.0247. The quantitative estimate of drug-likeness (QED) is 0.855. The molecule has 3 N–H and O–H groups in total. The summed E-state index contributed by atoms with van der Waals surface area (Å²) in [5, 5.41) is 0.167. The summed E-state index contributed by atoms with van der Waals surface area (Å²) in [5.41, 5.74) is 7.45. The van der Waals surface area contributed by atoms with Crippen molar-refractivity contribution in [3.63, 3.8) is 0 Å². The summed E-state index contributed by atoms with van der Waals surface area (Å²) in [4.78, 5) is 0.0247. The highest BCUT2D eigenvalue weighted by Crippen LogP contribution is 2.26. The molecule has 0 spiro atoms. The molecule has 100 valence electrons. The van der Waals surface area contributed by atoms with Crippen LogP contribution in [-0.4, -0.2) is 8.42 Å². The number of nitrogen functional groups attached to an aromatic ring is 1. The van der Waals surface area contributed by atoms with Crippen molar-refractivity contribution < 1.29 is 8.42 Å². The van der Waals surface area contributed by atoms with E-state index >= 15 is 0 Å². The van der Waals surface area contributed by atoms with E-state index in [1.807, 2.05) is 6.92 Å². The Hall–Kier alpha value is -1.72. The number of benzene rings is 2. The summed E-state index contributed by atoms with van der Waals surface area (Å²) in [6, 6.07) is 11.3. The smallest absolute Gasteiger partial charge is 0.263 e. The van der Waals surface area contributed by atoms with Gasteiger partial charge in [-0.3, -0.25) is 4.72 Å². The maximum absolute atomic E-state index is 12.2. The Morgan fingerprint density at radius 2 is 1.84 bits per heavy atom. The fourth-order valence-corrected chi connectivity index (χ4v) is 3.25. The molecule has 4 nitrogen and oxygen atoms in total. The van der Waals surface area contributed by atoms with E-state index < -0.39 is 10.0 Å². The minimum atomic E-state index is -3.74. The Morgan fingerprint density at radius 3 is 2.47 bits per heavy atom. The second kappa shape index (κ2) is 5.11. The van der Waals surface area contributed by atoms with Crippen molar-refractivity contribution in [2.75, 3.05) is 10.5 Å². The molecule has 0 unspecified atom stereocenters. The normalized spacial score (nSPS) is 11.3. The molecule has 6 heteroatoms. The van der Waals surface area contributed by atoms with Crippen LogP contribution in [0.2, 0.25) is 5.02 Å². The van der Waals surface area contributed by atoms with E-state index in [0.717, 1.165) is 5.56 Å². The SMILES string of the molecule is Cc1ccc(NS(=O)(=O)c2ccccc2Cl)c(N)c1. The molecule has 0 saturated heterocycles. The maximum atomic E-state index is 12.2. The largest absolute Gasteiger partial charge is 0.397 e. The van der Waals surface area contributed by atoms with E-state index in [-0.39, 0.29) is 9.92 Å². The van der Waals surface area contributed by atoms with Gasteiger partial charge in [-0.25, -0.2) is 8.42 Å². The molecule has 0 heterocycles. The molecule has 0 aromatic heterocycles. The van der Waals surface area contributed by atoms with Crippen molar-refractivity contribution in [3.05, 3.63) is 53.1 Å². The van der Waals surface area contributed by atoms with Crippen LogP contribution in [0, 0.1) is 6.92 Å². The van der Waals surface area contributed by atoms with Crippen LogP contribution in [0.3, 0.4) is 0 Å². The lowest BCUT2D eigenvalue weighted by molar-refractivity contribution is 0.601. The summed E-state index contributed by atoms with van der Waals surface area (Å²) in [5.74, 6) is 0. The number of nitrogens with two attached hydrogens (primary N) is 1. The van der Waals surface area contributed by atoms with Crippen molar-refractivity contribution in [1.82, 2.24) is 0 Å². The van der Waals surface area contributed by atoms with Gasteiger partial charge in [0.05, 0.1) is 16.4 Å². The van der Waals surface area contributed by atoms with E-state index in [4.69, 9.17) is 17.3 Å². The van der Waals surface area contributed by atoms with E-state index in [1.165, 1.54) is 12.1 Å². The molecule has 0 atom stereocenters. The molecular weight excluding hydrogens is 284 g/mol. The standard InChI is InChI=1S/C13H13ClN2O2S/c1-9-6-7-12(11(15)8-9)16-19(17,18)13-5-3-2-4-10(13)14/h2-8,16H,15H2,1H3. The molecule has 0 amide bonds. The molecular formula is C13H13ClN2O2S. The zero-order valence-corrected chi connectivity index (χ0v) is 11.8. The monoisotopic (exact) mass is 296 g/mol. The Kier molecular flexibility index (Phi) is 3.68. The summed E-state index contributed by atoms with van der Waals surface area (Å²) < 4.78 is 26.9. The fourth-order valence-electron chi connectivity index (χ4n) is 1.64. The predicted molar refractivity (Wildman–Crippen MR) is 77.9 cm³/mol. The first-order valence-electron chi connectivity index (χ1n) is 5.53. The summed E-state index contributed by atoms with van der Waals surface area (Å²) in [6.07, 6.45) is 0. The van der Waals surface area contributed by atoms with Crippen LogP contribution < -0.4 is 10.5 Å². The number of nitrogens with one attached hydrogen (secondary N) is 1. The highest BCUT2D eigenvalue weighted by Gasteiger charge is 2.18. The van der Waals surface area contributed by atoms with Gasteiger partial charge in [-0.2, -0.15) is 0 Å². The van der Waals surface area contributed by atoms with Crippen LogP contribution in [0.1, 0.15) is 5.56 Å². The van der Waals surface area contributed by atoms with Crippen LogP contribution in [0.5, 0.6) is 0 Å². The van der Waals surface area contributed by atoms with Crippen LogP contribution in [0.4, 0.5) is 11.4 Å². The van der Waals surface area contributed by atoms with Gasteiger partial charge in [-0.1, -0.05) is 29.8 Å². The average Bonchev–Trinajstić information content (AvgIpc) is 2.33. The zero-order valence-electron chi connectivity index (χ0n) is 10.2. The number of sulfonamides is 1. The van der Waals surface area contributed by atoms with Gasteiger partial charge in [0, 0.05) is 0 Å².